The Morgan fingerprint density at radius 1 is 1.17 bits per heavy atom. The summed E-state index contributed by atoms with van der Waals surface area (Å²) >= 11 is 0. The van der Waals surface area contributed by atoms with Crippen molar-refractivity contribution in [1.82, 2.24) is 9.21 Å². The fourth-order valence-electron chi connectivity index (χ4n) is 4.36. The van der Waals surface area contributed by atoms with Gasteiger partial charge in [0.1, 0.15) is 5.75 Å². The molecule has 1 N–H and O–H groups in total. The van der Waals surface area contributed by atoms with Crippen molar-refractivity contribution in [3.05, 3.63) is 18.2 Å². The van der Waals surface area contributed by atoms with Crippen molar-refractivity contribution in [2.24, 2.45) is 11.8 Å². The number of hydrogen-bond donors (Lipinski definition) is 1. The number of sulfonamides is 1. The zero-order chi connectivity index (χ0) is 20.6. The van der Waals surface area contributed by atoms with Crippen molar-refractivity contribution in [2.45, 2.75) is 37.5 Å². The quantitative estimate of drug-likeness (QED) is 0.801. The van der Waals surface area contributed by atoms with Crippen molar-refractivity contribution in [1.29, 1.82) is 0 Å². The van der Waals surface area contributed by atoms with E-state index < -0.39 is 10.0 Å². The van der Waals surface area contributed by atoms with Crippen LogP contribution in [0.2, 0.25) is 0 Å². The van der Waals surface area contributed by atoms with Gasteiger partial charge in [0.05, 0.1) is 10.6 Å². The van der Waals surface area contributed by atoms with E-state index in [1.807, 2.05) is 4.90 Å². The van der Waals surface area contributed by atoms with E-state index in [-0.39, 0.29) is 29.2 Å². The highest BCUT2D eigenvalue weighted by atomic mass is 32.2. The fourth-order valence-corrected chi connectivity index (χ4v) is 5.84. The third kappa shape index (κ3) is 4.11. The molecule has 1 aromatic carbocycles. The van der Waals surface area contributed by atoms with E-state index in [1.54, 1.807) is 6.07 Å². The van der Waals surface area contributed by atoms with Crippen LogP contribution in [0.3, 0.4) is 0 Å². The van der Waals surface area contributed by atoms with Gasteiger partial charge in [-0.15, -0.1) is 0 Å². The largest absolute Gasteiger partial charge is 0.482 e. The Balaban J connectivity index is 1.41. The smallest absolute Gasteiger partial charge is 0.262 e. The van der Waals surface area contributed by atoms with Gasteiger partial charge in [-0.2, -0.15) is 4.31 Å². The second-order valence-electron chi connectivity index (χ2n) is 8.20. The molecule has 29 heavy (non-hydrogen) atoms. The lowest BCUT2D eigenvalue weighted by molar-refractivity contribution is -0.138. The first-order valence-electron chi connectivity index (χ1n) is 10.2. The molecule has 3 heterocycles. The van der Waals surface area contributed by atoms with Crippen LogP contribution in [0.15, 0.2) is 23.1 Å². The lowest BCUT2D eigenvalue weighted by atomic mass is 9.93. The molecule has 3 aliphatic heterocycles. The molecule has 0 bridgehead atoms. The number of rotatable bonds is 3. The lowest BCUT2D eigenvalue weighted by Crippen LogP contribution is -2.46. The molecule has 3 aliphatic rings. The van der Waals surface area contributed by atoms with Crippen LogP contribution in [-0.2, 0) is 19.6 Å². The van der Waals surface area contributed by atoms with Gasteiger partial charge in [-0.1, -0.05) is 6.92 Å². The van der Waals surface area contributed by atoms with Crippen LogP contribution in [0.1, 0.15) is 32.6 Å². The second kappa shape index (κ2) is 7.95. The van der Waals surface area contributed by atoms with Gasteiger partial charge in [-0.05, 0) is 43.7 Å². The summed E-state index contributed by atoms with van der Waals surface area (Å²) in [4.78, 5) is 26.3. The summed E-state index contributed by atoms with van der Waals surface area (Å²) in [5, 5.41) is 2.66. The van der Waals surface area contributed by atoms with Crippen LogP contribution < -0.4 is 10.1 Å². The Labute approximate surface area is 171 Å². The fraction of sp³-hybridized carbons (Fsp3) is 0.600. The molecule has 8 nitrogen and oxygen atoms in total. The number of ether oxygens (including phenoxy) is 1. The van der Waals surface area contributed by atoms with Crippen molar-refractivity contribution in [3.63, 3.8) is 0 Å². The number of anilines is 1. The molecule has 1 atom stereocenters. The van der Waals surface area contributed by atoms with Crippen LogP contribution in [0.25, 0.3) is 0 Å². The third-order valence-electron chi connectivity index (χ3n) is 6.00. The van der Waals surface area contributed by atoms with Crippen molar-refractivity contribution >= 4 is 27.5 Å². The molecular weight excluding hydrogens is 394 g/mol. The van der Waals surface area contributed by atoms with Gasteiger partial charge in [-0.3, -0.25) is 9.59 Å². The van der Waals surface area contributed by atoms with Gasteiger partial charge < -0.3 is 15.0 Å². The van der Waals surface area contributed by atoms with Crippen LogP contribution in [0.4, 0.5) is 5.69 Å². The average molecular weight is 422 g/mol. The first kappa shape index (κ1) is 20.2. The van der Waals surface area contributed by atoms with Crippen LogP contribution in [-0.4, -0.2) is 62.2 Å². The number of nitrogens with one attached hydrogen (secondary N) is 1. The number of fused-ring (bicyclic) bond motifs is 1. The number of carbonyl (C=O) groups is 2. The zero-order valence-corrected chi connectivity index (χ0v) is 17.4. The molecule has 0 spiro atoms. The number of carbonyl (C=O) groups excluding carboxylic acids is 2. The summed E-state index contributed by atoms with van der Waals surface area (Å²) in [6.07, 6.45) is 3.29. The molecule has 1 aromatic rings. The first-order chi connectivity index (χ1) is 13.8. The number of hydrogen-bond acceptors (Lipinski definition) is 5. The highest BCUT2D eigenvalue weighted by Crippen LogP contribution is 2.33. The first-order valence-corrected chi connectivity index (χ1v) is 11.6. The molecule has 9 heteroatoms. The normalized spacial score (nSPS) is 23.8. The maximum Gasteiger partial charge on any atom is 0.262 e. The van der Waals surface area contributed by atoms with Gasteiger partial charge in [0.15, 0.2) is 6.61 Å². The summed E-state index contributed by atoms with van der Waals surface area (Å²) < 4.78 is 32.9. The lowest BCUT2D eigenvalue weighted by Gasteiger charge is -2.36. The monoisotopic (exact) mass is 421 g/mol. The highest BCUT2D eigenvalue weighted by Gasteiger charge is 2.35. The average Bonchev–Trinajstić information content (AvgIpc) is 2.73. The van der Waals surface area contributed by atoms with Gasteiger partial charge >= 0.3 is 0 Å². The Kier molecular flexibility index (Phi) is 5.52. The molecule has 0 aromatic heterocycles. The minimum absolute atomic E-state index is 0.103. The minimum atomic E-state index is -3.68. The third-order valence-corrected chi connectivity index (χ3v) is 7.89. The highest BCUT2D eigenvalue weighted by molar-refractivity contribution is 7.89. The number of nitrogens with zero attached hydrogens (tertiary/aromatic N) is 2. The van der Waals surface area contributed by atoms with Crippen LogP contribution >= 0.6 is 0 Å². The molecule has 0 saturated carbocycles. The molecule has 2 saturated heterocycles. The zero-order valence-electron chi connectivity index (χ0n) is 16.6. The van der Waals surface area contributed by atoms with Gasteiger partial charge in [0.2, 0.25) is 15.9 Å². The van der Waals surface area contributed by atoms with Gasteiger partial charge in [0.25, 0.3) is 5.91 Å². The molecule has 4 rings (SSSR count). The molecule has 2 amide bonds. The molecule has 0 radical (unpaired) electrons. The predicted molar refractivity (Wildman–Crippen MR) is 107 cm³/mol. The number of benzene rings is 1. The van der Waals surface area contributed by atoms with Gasteiger partial charge in [0, 0.05) is 38.2 Å². The Morgan fingerprint density at radius 3 is 2.66 bits per heavy atom. The van der Waals surface area contributed by atoms with Gasteiger partial charge in [-0.25, -0.2) is 8.42 Å². The van der Waals surface area contributed by atoms with E-state index in [0.717, 1.165) is 25.9 Å². The summed E-state index contributed by atoms with van der Waals surface area (Å²) in [6.45, 7) is 4.32. The maximum atomic E-state index is 13.0. The molecular formula is C20H27N3O5S. The van der Waals surface area contributed by atoms with Crippen LogP contribution in [0.5, 0.6) is 5.75 Å². The standard InChI is InChI=1S/C20H27N3O5S/c1-14-3-2-8-22(12-14)20(25)15-6-9-23(10-7-15)29(26,27)16-4-5-17-18(11-16)28-13-19(24)21-17/h4-5,11,14-15H,2-3,6-10,12-13H2,1H3,(H,21,24). The van der Waals surface area contributed by atoms with Crippen molar-refractivity contribution < 1.29 is 22.7 Å². The van der Waals surface area contributed by atoms with E-state index >= 15 is 0 Å². The van der Waals surface area contributed by atoms with Crippen LogP contribution in [0, 0.1) is 11.8 Å². The number of likely N-dealkylation sites (tertiary alicyclic amines) is 1. The minimum Gasteiger partial charge on any atom is -0.482 e. The molecule has 2 fully saturated rings. The van der Waals surface area contributed by atoms with E-state index in [2.05, 4.69) is 12.2 Å². The maximum absolute atomic E-state index is 13.0. The Hall–Kier alpha value is -2.13. The number of amides is 2. The van der Waals surface area contributed by atoms with E-state index in [0.29, 0.717) is 43.3 Å². The summed E-state index contributed by atoms with van der Waals surface area (Å²) in [6, 6.07) is 4.49. The molecule has 0 aliphatic carbocycles. The van der Waals surface area contributed by atoms with E-state index in [4.69, 9.17) is 4.74 Å². The molecule has 158 valence electrons. The van der Waals surface area contributed by atoms with Crippen molar-refractivity contribution in [3.8, 4) is 5.75 Å². The number of piperidine rings is 2. The van der Waals surface area contributed by atoms with E-state index in [1.165, 1.54) is 16.4 Å². The predicted octanol–water partition coefficient (Wildman–Crippen LogP) is 1.68. The Bertz CT molecular complexity index is 909. The van der Waals surface area contributed by atoms with Crippen molar-refractivity contribution in [2.75, 3.05) is 38.1 Å². The topological polar surface area (TPSA) is 96.0 Å². The summed E-state index contributed by atoms with van der Waals surface area (Å²) in [5.41, 5.74) is 0.472. The SMILES string of the molecule is CC1CCCN(C(=O)C2CCN(S(=O)(=O)c3ccc4c(c3)OCC(=O)N4)CC2)C1. The summed E-state index contributed by atoms with van der Waals surface area (Å²) in [5.74, 6) is 0.697. The molecule has 1 unspecified atom stereocenters. The summed E-state index contributed by atoms with van der Waals surface area (Å²) in [7, 11) is -3.68. The van der Waals surface area contributed by atoms with E-state index in [9.17, 15) is 18.0 Å². The second-order valence-corrected chi connectivity index (χ2v) is 10.1. The Morgan fingerprint density at radius 2 is 1.93 bits per heavy atom.